The van der Waals surface area contributed by atoms with E-state index in [2.05, 4.69) is 13.8 Å². The summed E-state index contributed by atoms with van der Waals surface area (Å²) in [6.07, 6.45) is 2.13. The SMILES string of the molecule is CCOC(=O)/C(N)=C(\Oc1ccc(C(CC)CC)cc1)N(N)Cc1ccc(OC)cc1. The molecule has 2 aromatic rings. The summed E-state index contributed by atoms with van der Waals surface area (Å²) >= 11 is 0. The van der Waals surface area contributed by atoms with Crippen LogP contribution in [0.1, 0.15) is 50.7 Å². The van der Waals surface area contributed by atoms with Gasteiger partial charge in [-0.3, -0.25) is 5.01 Å². The number of hydrogen-bond acceptors (Lipinski definition) is 7. The number of carbonyl (C=O) groups is 1. The quantitative estimate of drug-likeness (QED) is 0.183. The smallest absolute Gasteiger partial charge is 0.359 e. The van der Waals surface area contributed by atoms with Crippen molar-refractivity contribution in [1.82, 2.24) is 5.01 Å². The van der Waals surface area contributed by atoms with Crippen molar-refractivity contribution in [1.29, 1.82) is 0 Å². The number of nitrogens with zero attached hydrogens (tertiary/aromatic N) is 1. The lowest BCUT2D eigenvalue weighted by Crippen LogP contribution is -2.36. The molecule has 0 bridgehead atoms. The average Bonchev–Trinajstić information content (AvgIpc) is 2.79. The molecule has 0 aliphatic carbocycles. The van der Waals surface area contributed by atoms with Crippen LogP contribution in [0.2, 0.25) is 0 Å². The molecule has 0 atom stereocenters. The van der Waals surface area contributed by atoms with E-state index in [0.717, 1.165) is 24.2 Å². The molecule has 0 spiro atoms. The van der Waals surface area contributed by atoms with E-state index in [1.165, 1.54) is 10.6 Å². The van der Waals surface area contributed by atoms with Crippen LogP contribution in [0.25, 0.3) is 0 Å². The topological polar surface area (TPSA) is 100 Å². The number of esters is 1. The second-order valence-electron chi connectivity index (χ2n) is 7.10. The van der Waals surface area contributed by atoms with Crippen molar-refractivity contribution in [2.45, 2.75) is 46.1 Å². The van der Waals surface area contributed by atoms with Gasteiger partial charge in [0.25, 0.3) is 0 Å². The van der Waals surface area contributed by atoms with Gasteiger partial charge in [0.1, 0.15) is 11.5 Å². The fourth-order valence-corrected chi connectivity index (χ4v) is 3.24. The van der Waals surface area contributed by atoms with Crippen molar-refractivity contribution < 1.29 is 19.0 Å². The Balaban J connectivity index is 2.27. The third-order valence-corrected chi connectivity index (χ3v) is 5.05. The van der Waals surface area contributed by atoms with E-state index in [0.29, 0.717) is 11.7 Å². The summed E-state index contributed by atoms with van der Waals surface area (Å²) in [6, 6.07) is 15.2. The second-order valence-corrected chi connectivity index (χ2v) is 7.10. The minimum atomic E-state index is -0.684. The van der Waals surface area contributed by atoms with Crippen molar-refractivity contribution in [2.24, 2.45) is 11.6 Å². The number of ether oxygens (including phenoxy) is 3. The first-order chi connectivity index (χ1) is 14.9. The fourth-order valence-electron chi connectivity index (χ4n) is 3.24. The molecule has 7 nitrogen and oxygen atoms in total. The minimum absolute atomic E-state index is 0.0320. The summed E-state index contributed by atoms with van der Waals surface area (Å²) in [7, 11) is 1.60. The van der Waals surface area contributed by atoms with Gasteiger partial charge in [-0.25, -0.2) is 10.6 Å². The number of nitrogens with two attached hydrogens (primary N) is 2. The summed E-state index contributed by atoms with van der Waals surface area (Å²) in [5, 5.41) is 1.29. The summed E-state index contributed by atoms with van der Waals surface area (Å²) in [5.74, 6) is 7.37. The average molecular weight is 428 g/mol. The Morgan fingerprint density at radius 3 is 2.06 bits per heavy atom. The molecule has 168 valence electrons. The lowest BCUT2D eigenvalue weighted by atomic mass is 9.94. The summed E-state index contributed by atoms with van der Waals surface area (Å²) in [4.78, 5) is 12.3. The normalized spacial score (nSPS) is 11.7. The number of carbonyl (C=O) groups excluding carboxylic acids is 1. The molecule has 2 rings (SSSR count). The van der Waals surface area contributed by atoms with Gasteiger partial charge < -0.3 is 19.9 Å². The molecule has 0 aliphatic heterocycles. The number of hydrogen-bond donors (Lipinski definition) is 2. The molecule has 0 aromatic heterocycles. The molecular weight excluding hydrogens is 394 g/mol. The Bertz CT molecular complexity index is 859. The maximum Gasteiger partial charge on any atom is 0.359 e. The lowest BCUT2D eigenvalue weighted by Gasteiger charge is -2.24. The molecular formula is C24H33N3O4. The van der Waals surface area contributed by atoms with Crippen LogP contribution in [0, 0.1) is 0 Å². The fraction of sp³-hybridized carbons (Fsp3) is 0.375. The first-order valence-electron chi connectivity index (χ1n) is 10.5. The third-order valence-electron chi connectivity index (χ3n) is 5.05. The standard InChI is InChI=1S/C24H33N3O4/c1-5-18(6-2)19-10-14-21(15-11-19)31-23(22(25)24(28)30-7-3)27(26)16-17-8-12-20(29-4)13-9-17/h8-15,18H,5-7,16,25-26H2,1-4H3/b23-22+. The van der Waals surface area contributed by atoms with Crippen LogP contribution in [0.4, 0.5) is 0 Å². The molecule has 0 fully saturated rings. The lowest BCUT2D eigenvalue weighted by molar-refractivity contribution is -0.139. The van der Waals surface area contributed by atoms with E-state index in [1.54, 1.807) is 14.0 Å². The highest BCUT2D eigenvalue weighted by Crippen LogP contribution is 2.26. The molecule has 0 heterocycles. The molecule has 7 heteroatoms. The number of methoxy groups -OCH3 is 1. The Hall–Kier alpha value is -3.19. The predicted octanol–water partition coefficient (Wildman–Crippen LogP) is 4.04. The molecule has 0 saturated carbocycles. The van der Waals surface area contributed by atoms with Crippen LogP contribution in [0.5, 0.6) is 11.5 Å². The largest absolute Gasteiger partial charge is 0.497 e. The van der Waals surface area contributed by atoms with Gasteiger partial charge in [-0.2, -0.15) is 0 Å². The minimum Gasteiger partial charge on any atom is -0.497 e. The molecule has 4 N–H and O–H groups in total. The van der Waals surface area contributed by atoms with Gasteiger partial charge in [-0.15, -0.1) is 0 Å². The molecule has 0 unspecified atom stereocenters. The van der Waals surface area contributed by atoms with E-state index >= 15 is 0 Å². The second kappa shape index (κ2) is 11.9. The van der Waals surface area contributed by atoms with Crippen LogP contribution < -0.4 is 21.1 Å². The van der Waals surface area contributed by atoms with Gasteiger partial charge >= 0.3 is 5.97 Å². The van der Waals surface area contributed by atoms with E-state index in [-0.39, 0.29) is 24.7 Å². The molecule has 0 saturated heterocycles. The summed E-state index contributed by atoms with van der Waals surface area (Å²) in [5.41, 5.74) is 8.00. The zero-order chi connectivity index (χ0) is 22.8. The van der Waals surface area contributed by atoms with Gasteiger partial charge in [0, 0.05) is 0 Å². The van der Waals surface area contributed by atoms with Crippen LogP contribution in [-0.2, 0) is 16.1 Å². The van der Waals surface area contributed by atoms with Crippen LogP contribution >= 0.6 is 0 Å². The number of benzene rings is 2. The number of rotatable bonds is 11. The zero-order valence-electron chi connectivity index (χ0n) is 18.8. The third kappa shape index (κ3) is 6.65. The van der Waals surface area contributed by atoms with E-state index in [4.69, 9.17) is 25.8 Å². The highest BCUT2D eigenvalue weighted by atomic mass is 16.5. The Kier molecular flexibility index (Phi) is 9.21. The number of hydrazine groups is 1. The molecule has 0 aliphatic rings. The van der Waals surface area contributed by atoms with E-state index in [9.17, 15) is 4.79 Å². The Morgan fingerprint density at radius 2 is 1.55 bits per heavy atom. The van der Waals surface area contributed by atoms with Crippen LogP contribution in [0.15, 0.2) is 60.1 Å². The van der Waals surface area contributed by atoms with E-state index < -0.39 is 5.97 Å². The van der Waals surface area contributed by atoms with Crippen molar-refractivity contribution in [3.05, 3.63) is 71.2 Å². The van der Waals surface area contributed by atoms with Crippen molar-refractivity contribution in [2.75, 3.05) is 13.7 Å². The summed E-state index contributed by atoms with van der Waals surface area (Å²) in [6.45, 7) is 6.51. The van der Waals surface area contributed by atoms with Gasteiger partial charge in [0.15, 0.2) is 5.70 Å². The highest BCUT2D eigenvalue weighted by molar-refractivity contribution is 5.87. The predicted molar refractivity (Wildman–Crippen MR) is 121 cm³/mol. The van der Waals surface area contributed by atoms with E-state index in [1.807, 2.05) is 48.5 Å². The van der Waals surface area contributed by atoms with Crippen LogP contribution in [-0.4, -0.2) is 24.7 Å². The monoisotopic (exact) mass is 427 g/mol. The van der Waals surface area contributed by atoms with Gasteiger partial charge in [0.2, 0.25) is 5.88 Å². The van der Waals surface area contributed by atoms with Crippen molar-refractivity contribution in [3.63, 3.8) is 0 Å². The molecule has 31 heavy (non-hydrogen) atoms. The molecule has 0 amide bonds. The maximum atomic E-state index is 12.3. The molecule has 0 radical (unpaired) electrons. The Labute approximate surface area is 184 Å². The first kappa shape index (κ1) is 24.1. The van der Waals surface area contributed by atoms with Gasteiger partial charge in [0.05, 0.1) is 20.3 Å². The van der Waals surface area contributed by atoms with Crippen molar-refractivity contribution >= 4 is 5.97 Å². The highest BCUT2D eigenvalue weighted by Gasteiger charge is 2.21. The Morgan fingerprint density at radius 1 is 0.968 bits per heavy atom. The first-order valence-corrected chi connectivity index (χ1v) is 10.5. The van der Waals surface area contributed by atoms with Gasteiger partial charge in [-0.1, -0.05) is 38.1 Å². The van der Waals surface area contributed by atoms with Crippen molar-refractivity contribution in [3.8, 4) is 11.5 Å². The maximum absolute atomic E-state index is 12.3. The summed E-state index contributed by atoms with van der Waals surface area (Å²) < 4.78 is 16.2. The van der Waals surface area contributed by atoms with Gasteiger partial charge in [-0.05, 0) is 61.1 Å². The molecule has 2 aromatic carbocycles. The zero-order valence-corrected chi connectivity index (χ0v) is 18.8. The van der Waals surface area contributed by atoms with Crippen LogP contribution in [0.3, 0.4) is 0 Å².